The number of hydrogen-bond acceptors (Lipinski definition) is 7. The van der Waals surface area contributed by atoms with Gasteiger partial charge < -0.3 is 14.6 Å². The van der Waals surface area contributed by atoms with Gasteiger partial charge in [-0.15, -0.1) is 0 Å². The monoisotopic (exact) mass is 602 g/mol. The van der Waals surface area contributed by atoms with Crippen molar-refractivity contribution in [1.29, 1.82) is 0 Å². The second-order valence-electron chi connectivity index (χ2n) is 11.4. The molecule has 2 atom stereocenters. The van der Waals surface area contributed by atoms with E-state index < -0.39 is 17.7 Å². The smallest absolute Gasteiger partial charge is 0.301 e. The third-order valence-corrected chi connectivity index (χ3v) is 9.08. The lowest BCUT2D eigenvalue weighted by molar-refractivity contribution is -0.132. The van der Waals surface area contributed by atoms with Crippen molar-refractivity contribution in [2.45, 2.75) is 45.9 Å². The molecule has 1 fully saturated rings. The van der Waals surface area contributed by atoms with Crippen LogP contribution in [-0.4, -0.2) is 27.9 Å². The summed E-state index contributed by atoms with van der Waals surface area (Å²) in [5.41, 5.74) is 5.99. The van der Waals surface area contributed by atoms with Gasteiger partial charge in [0.25, 0.3) is 5.78 Å². The lowest BCUT2D eigenvalue weighted by Gasteiger charge is -2.23. The van der Waals surface area contributed by atoms with Gasteiger partial charge in [-0.25, -0.2) is 4.98 Å². The number of aryl methyl sites for hydroxylation is 2. The first-order valence-corrected chi connectivity index (χ1v) is 15.3. The molecule has 0 radical (unpaired) electrons. The van der Waals surface area contributed by atoms with Gasteiger partial charge in [-0.05, 0) is 85.0 Å². The minimum Gasteiger partial charge on any atom is -0.507 e. The fraction of sp³-hybridized carbons (Fsp3) is 0.194. The highest BCUT2D eigenvalue weighted by atomic mass is 32.1. The van der Waals surface area contributed by atoms with Gasteiger partial charge in [0.15, 0.2) is 5.13 Å². The lowest BCUT2D eigenvalue weighted by atomic mass is 9.94. The van der Waals surface area contributed by atoms with Crippen LogP contribution < -0.4 is 14.4 Å². The van der Waals surface area contributed by atoms with Crippen LogP contribution >= 0.6 is 11.3 Å². The quantitative estimate of drug-likeness (QED) is 0.123. The number of aliphatic hydroxyl groups excluding tert-OH is 1. The number of fused-ring (bicyclic) bond motifs is 2. The summed E-state index contributed by atoms with van der Waals surface area (Å²) in [6, 6.07) is 25.7. The number of ether oxygens (including phenoxy) is 2. The summed E-state index contributed by atoms with van der Waals surface area (Å²) < 4.78 is 12.7. The fourth-order valence-corrected chi connectivity index (χ4v) is 7.19. The Morgan fingerprint density at radius 2 is 1.80 bits per heavy atom. The molecule has 44 heavy (non-hydrogen) atoms. The number of hydrogen-bond donors (Lipinski definition) is 1. The van der Waals surface area contributed by atoms with Crippen LogP contribution in [0.2, 0.25) is 0 Å². The maximum absolute atomic E-state index is 13.8. The number of aliphatic hydroxyl groups is 1. The van der Waals surface area contributed by atoms with Gasteiger partial charge in [-0.2, -0.15) is 0 Å². The second-order valence-corrected chi connectivity index (χ2v) is 12.4. The predicted octanol–water partition coefficient (Wildman–Crippen LogP) is 7.44. The molecule has 1 N–H and O–H groups in total. The van der Waals surface area contributed by atoms with Crippen LogP contribution in [0.1, 0.15) is 46.3 Å². The summed E-state index contributed by atoms with van der Waals surface area (Å²) in [5.74, 6) is -0.303. The van der Waals surface area contributed by atoms with Crippen LogP contribution in [0.15, 0.2) is 90.5 Å². The number of carbonyl (C=O) groups excluding carboxylic acids is 2. The molecule has 8 heteroatoms. The number of amides is 1. The first kappa shape index (κ1) is 27.9. The molecule has 2 aliphatic rings. The molecule has 0 aliphatic carbocycles. The molecular formula is C36H30N2O5S. The van der Waals surface area contributed by atoms with Crippen molar-refractivity contribution in [3.05, 3.63) is 124 Å². The molecule has 2 aliphatic heterocycles. The molecule has 1 amide bonds. The van der Waals surface area contributed by atoms with E-state index in [2.05, 4.69) is 0 Å². The number of Topliss-reactive ketones (excluding diaryl/α,β-unsaturated/α-hetero) is 1. The first-order valence-electron chi connectivity index (χ1n) is 14.5. The Kier molecular flexibility index (Phi) is 6.94. The summed E-state index contributed by atoms with van der Waals surface area (Å²) in [4.78, 5) is 33.8. The Labute approximate surface area is 259 Å². The zero-order valence-corrected chi connectivity index (χ0v) is 25.4. The highest BCUT2D eigenvalue weighted by Gasteiger charge is 2.48. The summed E-state index contributed by atoms with van der Waals surface area (Å²) in [6.07, 6.45) is 0.727. The SMILES string of the molecule is Cc1cc(C)c2nc(N3C(=O)C(=O)C(=C(O)c4ccc5c(c4)C[C@@H](C)O5)[C@@H]3c3ccc(OCc4ccccc4)cc3)sc2c1. The van der Waals surface area contributed by atoms with Crippen LogP contribution in [0.3, 0.4) is 0 Å². The topological polar surface area (TPSA) is 89.0 Å². The zero-order valence-electron chi connectivity index (χ0n) is 24.5. The Morgan fingerprint density at radius 3 is 2.57 bits per heavy atom. The number of thiazole rings is 1. The molecule has 1 saturated heterocycles. The van der Waals surface area contributed by atoms with Gasteiger partial charge in [0.1, 0.15) is 30.0 Å². The van der Waals surface area contributed by atoms with Crippen molar-refractivity contribution in [2.75, 3.05) is 4.90 Å². The molecule has 4 aromatic carbocycles. The minimum atomic E-state index is -0.886. The minimum absolute atomic E-state index is 0.0204. The third-order valence-electron chi connectivity index (χ3n) is 8.08. The van der Waals surface area contributed by atoms with E-state index in [9.17, 15) is 14.7 Å². The van der Waals surface area contributed by atoms with Gasteiger partial charge >= 0.3 is 5.91 Å². The summed E-state index contributed by atoms with van der Waals surface area (Å²) in [5, 5.41) is 12.1. The largest absolute Gasteiger partial charge is 0.507 e. The van der Waals surface area contributed by atoms with Crippen molar-refractivity contribution >= 4 is 44.1 Å². The van der Waals surface area contributed by atoms with Gasteiger partial charge in [0, 0.05) is 12.0 Å². The van der Waals surface area contributed by atoms with Crippen LogP contribution in [-0.2, 0) is 22.6 Å². The Bertz CT molecular complexity index is 1960. The molecule has 7 rings (SSSR count). The van der Waals surface area contributed by atoms with E-state index in [4.69, 9.17) is 14.5 Å². The van der Waals surface area contributed by atoms with Gasteiger partial charge in [-0.3, -0.25) is 14.5 Å². The van der Waals surface area contributed by atoms with E-state index in [1.165, 1.54) is 16.2 Å². The average molecular weight is 603 g/mol. The number of nitrogens with zero attached hydrogens (tertiary/aromatic N) is 2. The fourth-order valence-electron chi connectivity index (χ4n) is 6.02. The third kappa shape index (κ3) is 4.91. The van der Waals surface area contributed by atoms with Gasteiger partial charge in [0.05, 0.1) is 21.8 Å². The highest BCUT2D eigenvalue weighted by Crippen LogP contribution is 2.45. The maximum atomic E-state index is 13.8. The predicted molar refractivity (Wildman–Crippen MR) is 171 cm³/mol. The van der Waals surface area contributed by atoms with Crippen molar-refractivity contribution in [3.63, 3.8) is 0 Å². The number of anilines is 1. The molecule has 0 bridgehead atoms. The Morgan fingerprint density at radius 1 is 1.02 bits per heavy atom. The second kappa shape index (κ2) is 11.0. The van der Waals surface area contributed by atoms with E-state index in [0.29, 0.717) is 35.0 Å². The number of carbonyl (C=O) groups is 2. The molecule has 5 aromatic rings. The molecule has 1 aromatic heterocycles. The summed E-state index contributed by atoms with van der Waals surface area (Å²) in [6.45, 7) is 6.39. The van der Waals surface area contributed by atoms with Crippen LogP contribution in [0.5, 0.6) is 11.5 Å². The molecule has 0 saturated carbocycles. The highest BCUT2D eigenvalue weighted by molar-refractivity contribution is 7.22. The van der Waals surface area contributed by atoms with Crippen molar-refractivity contribution < 1.29 is 24.2 Å². The van der Waals surface area contributed by atoms with E-state index in [0.717, 1.165) is 38.2 Å². The summed E-state index contributed by atoms with van der Waals surface area (Å²) >= 11 is 1.36. The van der Waals surface area contributed by atoms with E-state index >= 15 is 0 Å². The first-order chi connectivity index (χ1) is 21.3. The molecular weight excluding hydrogens is 572 g/mol. The zero-order chi connectivity index (χ0) is 30.5. The molecule has 7 nitrogen and oxygen atoms in total. The lowest BCUT2D eigenvalue weighted by Crippen LogP contribution is -2.29. The van der Waals surface area contributed by atoms with Crippen LogP contribution in [0, 0.1) is 13.8 Å². The Balaban J connectivity index is 1.32. The van der Waals surface area contributed by atoms with E-state index in [-0.39, 0.29) is 17.4 Å². The molecule has 220 valence electrons. The summed E-state index contributed by atoms with van der Waals surface area (Å²) in [7, 11) is 0. The molecule has 0 spiro atoms. The van der Waals surface area contributed by atoms with Crippen LogP contribution in [0.25, 0.3) is 16.0 Å². The molecule has 3 heterocycles. The van der Waals surface area contributed by atoms with E-state index in [1.807, 2.05) is 93.6 Å². The average Bonchev–Trinajstić information content (AvgIpc) is 3.69. The van der Waals surface area contributed by atoms with Crippen molar-refractivity contribution in [2.24, 2.45) is 0 Å². The number of aromatic nitrogens is 1. The number of benzene rings is 4. The standard InChI is InChI=1S/C36H30N2O5S/c1-20-15-21(2)31-29(16-20)44-36(37-31)38-32(24-9-12-27(13-10-24)42-19-23-7-5-4-6-8-23)30(34(40)35(38)41)33(39)25-11-14-28-26(18-25)17-22(3)43-28/h4-16,18,22,32,39H,17,19H2,1-3H3/t22-,32+/m1/s1. The van der Waals surface area contributed by atoms with Gasteiger partial charge in [-0.1, -0.05) is 59.9 Å². The van der Waals surface area contributed by atoms with Crippen molar-refractivity contribution in [3.8, 4) is 11.5 Å². The van der Waals surface area contributed by atoms with Crippen LogP contribution in [0.4, 0.5) is 5.13 Å². The maximum Gasteiger partial charge on any atom is 0.301 e. The normalized spacial score (nSPS) is 18.9. The van der Waals surface area contributed by atoms with Crippen molar-refractivity contribution in [1.82, 2.24) is 4.98 Å². The van der Waals surface area contributed by atoms with Gasteiger partial charge in [0.2, 0.25) is 0 Å². The Hall–Kier alpha value is -4.95. The molecule has 0 unspecified atom stereocenters. The van der Waals surface area contributed by atoms with E-state index in [1.54, 1.807) is 12.1 Å². The number of ketones is 1. The number of rotatable bonds is 6.